The van der Waals surface area contributed by atoms with Crippen molar-refractivity contribution in [1.29, 1.82) is 0 Å². The molecule has 0 aromatic carbocycles. The summed E-state index contributed by atoms with van der Waals surface area (Å²) < 4.78 is 9.10. The molecule has 0 bridgehead atoms. The van der Waals surface area contributed by atoms with E-state index in [9.17, 15) is 9.59 Å². The molecule has 15 heavy (non-hydrogen) atoms. The third-order valence-corrected chi connectivity index (χ3v) is 3.49. The first-order chi connectivity index (χ1) is 7.02. The van der Waals surface area contributed by atoms with E-state index in [1.54, 1.807) is 0 Å². The van der Waals surface area contributed by atoms with Gasteiger partial charge in [-0.05, 0) is 12.8 Å². The van der Waals surface area contributed by atoms with Crippen molar-refractivity contribution in [3.63, 3.8) is 0 Å². The lowest BCUT2D eigenvalue weighted by molar-refractivity contribution is -0.140. The maximum absolute atomic E-state index is 11.0. The summed E-state index contributed by atoms with van der Waals surface area (Å²) in [5.74, 6) is -0.585. The minimum Gasteiger partial charge on any atom is -0.468 e. The van der Waals surface area contributed by atoms with Crippen LogP contribution < -0.4 is 0 Å². The van der Waals surface area contributed by atoms with Gasteiger partial charge in [-0.1, -0.05) is 38.3 Å². The first kappa shape index (κ1) is 14.9. The van der Waals surface area contributed by atoms with Gasteiger partial charge < -0.3 is 9.47 Å². The average molecular weight is 346 g/mol. The van der Waals surface area contributed by atoms with Gasteiger partial charge in [-0.25, -0.2) is 0 Å². The van der Waals surface area contributed by atoms with E-state index in [0.29, 0.717) is 12.8 Å². The lowest BCUT2D eigenvalue weighted by Crippen LogP contribution is -2.18. The topological polar surface area (TPSA) is 52.6 Å². The zero-order valence-electron chi connectivity index (χ0n) is 8.66. The Labute approximate surface area is 106 Å². The summed E-state index contributed by atoms with van der Waals surface area (Å²) in [6.45, 7) is 0. The van der Waals surface area contributed by atoms with Crippen molar-refractivity contribution in [3.05, 3.63) is 0 Å². The van der Waals surface area contributed by atoms with Gasteiger partial charge in [-0.2, -0.15) is 0 Å². The fourth-order valence-electron chi connectivity index (χ4n) is 0.968. The molecule has 0 heterocycles. The molecule has 0 spiro atoms. The Morgan fingerprint density at radius 1 is 1.00 bits per heavy atom. The highest BCUT2D eigenvalue weighted by Crippen LogP contribution is 2.16. The van der Waals surface area contributed by atoms with E-state index in [4.69, 9.17) is 0 Å². The molecule has 2 unspecified atom stereocenters. The number of carbonyl (C=O) groups is 2. The van der Waals surface area contributed by atoms with Crippen LogP contribution >= 0.6 is 31.9 Å². The van der Waals surface area contributed by atoms with Gasteiger partial charge in [0.05, 0.1) is 14.2 Å². The Morgan fingerprint density at radius 2 is 1.33 bits per heavy atom. The van der Waals surface area contributed by atoms with Gasteiger partial charge in [-0.3, -0.25) is 9.59 Å². The molecule has 0 aromatic heterocycles. The fourth-order valence-corrected chi connectivity index (χ4v) is 1.99. The molecule has 0 amide bonds. The summed E-state index contributed by atoms with van der Waals surface area (Å²) in [7, 11) is 2.69. The predicted octanol–water partition coefficient (Wildman–Crippen LogP) is 2.03. The number of carbonyl (C=O) groups excluding carboxylic acids is 2. The SMILES string of the molecule is COC(=O)C(Br)CCCC(Br)C(=O)OC. The highest BCUT2D eigenvalue weighted by Gasteiger charge is 2.18. The molecule has 6 heteroatoms. The zero-order valence-corrected chi connectivity index (χ0v) is 11.8. The number of rotatable bonds is 6. The van der Waals surface area contributed by atoms with Gasteiger partial charge in [0.15, 0.2) is 0 Å². The van der Waals surface area contributed by atoms with Gasteiger partial charge in [0.25, 0.3) is 0 Å². The standard InChI is InChI=1S/C9H14Br2O4/c1-14-8(12)6(10)4-3-5-7(11)9(13)15-2/h6-7H,3-5H2,1-2H3. The van der Waals surface area contributed by atoms with Crippen molar-refractivity contribution in [3.8, 4) is 0 Å². The molecule has 0 fully saturated rings. The minimum atomic E-state index is -0.306. The van der Waals surface area contributed by atoms with Crippen molar-refractivity contribution in [2.45, 2.75) is 28.9 Å². The van der Waals surface area contributed by atoms with Gasteiger partial charge in [0.2, 0.25) is 0 Å². The van der Waals surface area contributed by atoms with Crippen LogP contribution in [0.15, 0.2) is 0 Å². The van der Waals surface area contributed by atoms with Crippen LogP contribution in [0.1, 0.15) is 19.3 Å². The van der Waals surface area contributed by atoms with Crippen molar-refractivity contribution in [2.75, 3.05) is 14.2 Å². The van der Waals surface area contributed by atoms with Crippen LogP contribution in [0, 0.1) is 0 Å². The molecular weight excluding hydrogens is 332 g/mol. The van der Waals surface area contributed by atoms with Gasteiger partial charge in [0, 0.05) is 0 Å². The van der Waals surface area contributed by atoms with E-state index in [1.165, 1.54) is 14.2 Å². The number of alkyl halides is 2. The average Bonchev–Trinajstić information content (AvgIpc) is 2.26. The first-order valence-electron chi connectivity index (χ1n) is 4.46. The van der Waals surface area contributed by atoms with Crippen LogP contribution in [-0.2, 0) is 19.1 Å². The van der Waals surface area contributed by atoms with Crippen molar-refractivity contribution >= 4 is 43.8 Å². The zero-order chi connectivity index (χ0) is 11.8. The number of esters is 2. The van der Waals surface area contributed by atoms with Crippen LogP contribution in [0.4, 0.5) is 0 Å². The molecule has 0 aliphatic rings. The highest BCUT2D eigenvalue weighted by atomic mass is 79.9. The lowest BCUT2D eigenvalue weighted by atomic mass is 10.1. The molecule has 4 nitrogen and oxygen atoms in total. The largest absolute Gasteiger partial charge is 0.468 e. The van der Waals surface area contributed by atoms with Crippen LogP contribution in [0.2, 0.25) is 0 Å². The van der Waals surface area contributed by atoms with Crippen LogP contribution in [0.25, 0.3) is 0 Å². The second-order valence-corrected chi connectivity index (χ2v) is 5.12. The fraction of sp³-hybridized carbons (Fsp3) is 0.778. The third-order valence-electron chi connectivity index (χ3n) is 1.83. The third kappa shape index (κ3) is 6.14. The van der Waals surface area contributed by atoms with Gasteiger partial charge in [-0.15, -0.1) is 0 Å². The molecular formula is C9H14Br2O4. The summed E-state index contributed by atoms with van der Waals surface area (Å²) in [5.41, 5.74) is 0. The monoisotopic (exact) mass is 344 g/mol. The summed E-state index contributed by atoms with van der Waals surface area (Å²) in [6, 6.07) is 0. The quantitative estimate of drug-likeness (QED) is 0.546. The van der Waals surface area contributed by atoms with Crippen molar-refractivity contribution < 1.29 is 19.1 Å². The van der Waals surface area contributed by atoms with E-state index in [1.807, 2.05) is 0 Å². The Morgan fingerprint density at radius 3 is 1.60 bits per heavy atom. The molecule has 0 N–H and O–H groups in total. The smallest absolute Gasteiger partial charge is 0.319 e. The molecule has 0 aromatic rings. The van der Waals surface area contributed by atoms with Gasteiger partial charge in [0.1, 0.15) is 9.65 Å². The van der Waals surface area contributed by atoms with Crippen LogP contribution in [0.3, 0.4) is 0 Å². The summed E-state index contributed by atoms with van der Waals surface area (Å²) in [5, 5.41) is 0. The van der Waals surface area contributed by atoms with E-state index in [2.05, 4.69) is 41.3 Å². The summed E-state index contributed by atoms with van der Waals surface area (Å²) in [6.07, 6.45) is 1.99. The van der Waals surface area contributed by atoms with Crippen LogP contribution in [-0.4, -0.2) is 35.8 Å². The maximum Gasteiger partial charge on any atom is 0.319 e. The molecule has 88 valence electrons. The minimum absolute atomic E-state index is 0.292. The van der Waals surface area contributed by atoms with E-state index >= 15 is 0 Å². The molecule has 0 aliphatic heterocycles. The predicted molar refractivity (Wildman–Crippen MR) is 63.3 cm³/mol. The molecule has 2 atom stereocenters. The number of hydrogen-bond acceptors (Lipinski definition) is 4. The number of hydrogen-bond donors (Lipinski definition) is 0. The summed E-state index contributed by atoms with van der Waals surface area (Å²) in [4.78, 5) is 21.4. The Bertz CT molecular complexity index is 198. The molecule has 0 aliphatic carbocycles. The Kier molecular flexibility index (Phi) is 8.04. The maximum atomic E-state index is 11.0. The first-order valence-corrected chi connectivity index (χ1v) is 6.29. The molecule has 0 saturated carbocycles. The number of halogens is 2. The van der Waals surface area contributed by atoms with Crippen molar-refractivity contribution in [1.82, 2.24) is 0 Å². The molecule has 0 radical (unpaired) electrons. The Hall–Kier alpha value is -0.100. The second-order valence-electron chi connectivity index (χ2n) is 2.91. The molecule has 0 rings (SSSR count). The second kappa shape index (κ2) is 8.10. The highest BCUT2D eigenvalue weighted by molar-refractivity contribution is 9.10. The van der Waals surface area contributed by atoms with E-state index in [-0.39, 0.29) is 21.6 Å². The number of methoxy groups -OCH3 is 2. The number of ether oxygens (including phenoxy) is 2. The van der Waals surface area contributed by atoms with Crippen LogP contribution in [0.5, 0.6) is 0 Å². The lowest BCUT2D eigenvalue weighted by Gasteiger charge is -2.09. The van der Waals surface area contributed by atoms with E-state index < -0.39 is 0 Å². The molecule has 0 saturated heterocycles. The van der Waals surface area contributed by atoms with Crippen molar-refractivity contribution in [2.24, 2.45) is 0 Å². The Balaban J connectivity index is 3.70. The van der Waals surface area contributed by atoms with Gasteiger partial charge >= 0.3 is 11.9 Å². The summed E-state index contributed by atoms with van der Waals surface area (Å²) >= 11 is 6.40. The van der Waals surface area contributed by atoms with E-state index in [0.717, 1.165) is 6.42 Å². The normalized spacial score (nSPS) is 14.1.